The minimum atomic E-state index is -2.79. The standard InChI is InChI=1S/C15H30N4O2S2.HI/c1-3-16-15(18-13-4-5-14(12-13)22-2)17-6-7-19-8-10-23(20,21)11-9-19;/h13-14H,3-12H2,1-2H3,(H2,16,17,18);1H. The summed E-state index contributed by atoms with van der Waals surface area (Å²) in [5, 5.41) is 7.62. The Morgan fingerprint density at radius 2 is 2.00 bits per heavy atom. The zero-order valence-electron chi connectivity index (χ0n) is 14.7. The Labute approximate surface area is 167 Å². The molecule has 0 aromatic rings. The Morgan fingerprint density at radius 1 is 1.29 bits per heavy atom. The van der Waals surface area contributed by atoms with Crippen molar-refractivity contribution < 1.29 is 8.42 Å². The molecule has 0 aromatic carbocycles. The predicted molar refractivity (Wildman–Crippen MR) is 115 cm³/mol. The number of halogens is 1. The van der Waals surface area contributed by atoms with E-state index in [2.05, 4.69) is 33.7 Å². The highest BCUT2D eigenvalue weighted by atomic mass is 127. The summed E-state index contributed by atoms with van der Waals surface area (Å²) in [4.78, 5) is 6.84. The SMILES string of the molecule is CCNC(=NCCN1CCS(=O)(=O)CC1)NC1CCC(SC)C1.I. The van der Waals surface area contributed by atoms with Gasteiger partial charge < -0.3 is 10.6 Å². The lowest BCUT2D eigenvalue weighted by atomic mass is 10.2. The Kier molecular flexibility index (Phi) is 10.3. The van der Waals surface area contributed by atoms with Gasteiger partial charge in [-0.05, 0) is 32.4 Å². The van der Waals surface area contributed by atoms with Crippen molar-refractivity contribution in [1.82, 2.24) is 15.5 Å². The Balaban J connectivity index is 0.00000288. The van der Waals surface area contributed by atoms with Crippen molar-refractivity contribution in [2.24, 2.45) is 4.99 Å². The lowest BCUT2D eigenvalue weighted by Crippen LogP contribution is -2.44. The van der Waals surface area contributed by atoms with E-state index in [0.29, 0.717) is 25.7 Å². The first kappa shape index (κ1) is 22.3. The van der Waals surface area contributed by atoms with Gasteiger partial charge in [-0.15, -0.1) is 24.0 Å². The first-order valence-corrected chi connectivity index (χ1v) is 11.6. The molecule has 2 fully saturated rings. The first-order valence-electron chi connectivity index (χ1n) is 8.53. The number of thioether (sulfide) groups is 1. The zero-order chi connectivity index (χ0) is 16.7. The van der Waals surface area contributed by atoms with Gasteiger partial charge in [0.2, 0.25) is 0 Å². The molecule has 0 radical (unpaired) electrons. The summed E-state index contributed by atoms with van der Waals surface area (Å²) >= 11 is 1.96. The lowest BCUT2D eigenvalue weighted by Gasteiger charge is -2.26. The monoisotopic (exact) mass is 490 g/mol. The van der Waals surface area contributed by atoms with Crippen molar-refractivity contribution in [2.45, 2.75) is 37.5 Å². The molecule has 0 amide bonds. The summed E-state index contributed by atoms with van der Waals surface area (Å²) in [6, 6.07) is 0.519. The molecule has 6 nitrogen and oxygen atoms in total. The minimum absolute atomic E-state index is 0. The maximum Gasteiger partial charge on any atom is 0.191 e. The van der Waals surface area contributed by atoms with Crippen molar-refractivity contribution in [3.63, 3.8) is 0 Å². The second kappa shape index (κ2) is 11.1. The van der Waals surface area contributed by atoms with E-state index >= 15 is 0 Å². The second-order valence-corrected chi connectivity index (χ2v) is 9.71. The Bertz CT molecular complexity index is 488. The molecule has 1 heterocycles. The molecule has 0 aromatic heterocycles. The fourth-order valence-corrected chi connectivity index (χ4v) is 5.15. The van der Waals surface area contributed by atoms with Gasteiger partial charge in [0.05, 0.1) is 18.1 Å². The smallest absolute Gasteiger partial charge is 0.191 e. The van der Waals surface area contributed by atoms with Crippen LogP contribution < -0.4 is 10.6 Å². The number of nitrogens with zero attached hydrogens (tertiary/aromatic N) is 2. The number of hydrogen-bond donors (Lipinski definition) is 2. The van der Waals surface area contributed by atoms with Gasteiger partial charge in [-0.25, -0.2) is 8.42 Å². The normalized spacial score (nSPS) is 27.5. The van der Waals surface area contributed by atoms with E-state index in [4.69, 9.17) is 0 Å². The Morgan fingerprint density at radius 3 is 2.58 bits per heavy atom. The van der Waals surface area contributed by atoms with Crippen LogP contribution in [-0.2, 0) is 9.84 Å². The molecule has 0 bridgehead atoms. The van der Waals surface area contributed by atoms with Crippen LogP contribution in [0.5, 0.6) is 0 Å². The number of rotatable bonds is 6. The maximum absolute atomic E-state index is 11.4. The van der Waals surface area contributed by atoms with Gasteiger partial charge in [-0.2, -0.15) is 11.8 Å². The highest BCUT2D eigenvalue weighted by molar-refractivity contribution is 14.0. The van der Waals surface area contributed by atoms with Crippen molar-refractivity contribution in [1.29, 1.82) is 0 Å². The second-order valence-electron chi connectivity index (χ2n) is 6.27. The van der Waals surface area contributed by atoms with Crippen molar-refractivity contribution >= 4 is 51.5 Å². The van der Waals surface area contributed by atoms with E-state index in [1.54, 1.807) is 0 Å². The molecule has 0 spiro atoms. The summed E-state index contributed by atoms with van der Waals surface area (Å²) in [7, 11) is -2.79. The molecule has 2 atom stereocenters. The third kappa shape index (κ3) is 7.65. The molecule has 2 aliphatic rings. The number of aliphatic imine (C=N–C) groups is 1. The van der Waals surface area contributed by atoms with Gasteiger partial charge in [0.1, 0.15) is 0 Å². The van der Waals surface area contributed by atoms with Crippen molar-refractivity contribution in [2.75, 3.05) is 50.5 Å². The average molecular weight is 490 g/mol. The van der Waals surface area contributed by atoms with Crippen LogP contribution in [0.3, 0.4) is 0 Å². The van der Waals surface area contributed by atoms with Gasteiger partial charge in [0.15, 0.2) is 15.8 Å². The van der Waals surface area contributed by atoms with Crippen LogP contribution in [-0.4, -0.2) is 81.1 Å². The van der Waals surface area contributed by atoms with Crippen molar-refractivity contribution in [3.8, 4) is 0 Å². The average Bonchev–Trinajstić information content (AvgIpc) is 2.97. The molecular formula is C15H31IN4O2S2. The summed E-state index contributed by atoms with van der Waals surface area (Å²) in [5.74, 6) is 1.46. The third-order valence-electron chi connectivity index (χ3n) is 4.53. The summed E-state index contributed by atoms with van der Waals surface area (Å²) in [6.45, 7) is 5.73. The van der Waals surface area contributed by atoms with Gasteiger partial charge in [0.25, 0.3) is 0 Å². The fraction of sp³-hybridized carbons (Fsp3) is 0.933. The van der Waals surface area contributed by atoms with Crippen molar-refractivity contribution in [3.05, 3.63) is 0 Å². The molecule has 2 unspecified atom stereocenters. The molecular weight excluding hydrogens is 459 g/mol. The molecule has 1 saturated heterocycles. The van der Waals surface area contributed by atoms with Gasteiger partial charge in [0, 0.05) is 37.5 Å². The van der Waals surface area contributed by atoms with Crippen LogP contribution in [0.25, 0.3) is 0 Å². The van der Waals surface area contributed by atoms with E-state index < -0.39 is 9.84 Å². The van der Waals surface area contributed by atoms with Crippen LogP contribution in [0.4, 0.5) is 0 Å². The first-order chi connectivity index (χ1) is 11.0. The van der Waals surface area contributed by atoms with E-state index in [0.717, 1.165) is 24.3 Å². The highest BCUT2D eigenvalue weighted by Crippen LogP contribution is 2.27. The molecule has 1 aliphatic heterocycles. The van der Waals surface area contributed by atoms with Crippen LogP contribution in [0, 0.1) is 0 Å². The highest BCUT2D eigenvalue weighted by Gasteiger charge is 2.24. The minimum Gasteiger partial charge on any atom is -0.357 e. The number of nitrogens with one attached hydrogen (secondary N) is 2. The van der Waals surface area contributed by atoms with Gasteiger partial charge in [-0.3, -0.25) is 9.89 Å². The Hall–Kier alpha value is 0.260. The van der Waals surface area contributed by atoms with E-state index in [1.807, 2.05) is 11.8 Å². The quantitative estimate of drug-likeness (QED) is 0.331. The van der Waals surface area contributed by atoms with Crippen LogP contribution in [0.15, 0.2) is 4.99 Å². The van der Waals surface area contributed by atoms with Gasteiger partial charge in [-0.1, -0.05) is 0 Å². The fourth-order valence-electron chi connectivity index (χ4n) is 3.08. The molecule has 142 valence electrons. The molecule has 2 N–H and O–H groups in total. The number of sulfone groups is 1. The summed E-state index contributed by atoms with van der Waals surface area (Å²) < 4.78 is 22.9. The number of guanidine groups is 1. The van der Waals surface area contributed by atoms with Crippen LogP contribution in [0.1, 0.15) is 26.2 Å². The van der Waals surface area contributed by atoms with E-state index in [1.165, 1.54) is 19.3 Å². The summed E-state index contributed by atoms with van der Waals surface area (Å²) in [6.07, 6.45) is 5.88. The van der Waals surface area contributed by atoms with E-state index in [9.17, 15) is 8.42 Å². The van der Waals surface area contributed by atoms with Crippen LogP contribution in [0.2, 0.25) is 0 Å². The predicted octanol–water partition coefficient (Wildman–Crippen LogP) is 1.17. The molecule has 1 aliphatic carbocycles. The molecule has 1 saturated carbocycles. The molecule has 9 heteroatoms. The zero-order valence-corrected chi connectivity index (χ0v) is 18.6. The number of hydrogen-bond acceptors (Lipinski definition) is 5. The van der Waals surface area contributed by atoms with Gasteiger partial charge >= 0.3 is 0 Å². The lowest BCUT2D eigenvalue weighted by molar-refractivity contribution is 0.304. The third-order valence-corrected chi connectivity index (χ3v) is 7.23. The maximum atomic E-state index is 11.4. The molecule has 2 rings (SSSR count). The van der Waals surface area contributed by atoms with E-state index in [-0.39, 0.29) is 35.5 Å². The largest absolute Gasteiger partial charge is 0.357 e. The topological polar surface area (TPSA) is 73.8 Å². The molecule has 24 heavy (non-hydrogen) atoms. The van der Waals surface area contributed by atoms with Crippen LogP contribution >= 0.6 is 35.7 Å². The summed E-state index contributed by atoms with van der Waals surface area (Å²) in [5.41, 5.74) is 0.